The Labute approximate surface area is 185 Å². The number of nitrogens with one attached hydrogen (secondary N) is 1. The van der Waals surface area contributed by atoms with Crippen molar-refractivity contribution in [3.63, 3.8) is 0 Å². The molecule has 156 valence electrons. The van der Waals surface area contributed by atoms with Crippen LogP contribution in [-0.4, -0.2) is 32.7 Å². The lowest BCUT2D eigenvalue weighted by atomic mass is 10.1. The third kappa shape index (κ3) is 4.22. The molecule has 2 aromatic carbocycles. The molecule has 1 aliphatic rings. The summed E-state index contributed by atoms with van der Waals surface area (Å²) in [5.74, 6) is -0.483. The maximum atomic E-state index is 12.8. The molecule has 1 unspecified atom stereocenters. The van der Waals surface area contributed by atoms with Gasteiger partial charge in [-0.1, -0.05) is 24.8 Å². The van der Waals surface area contributed by atoms with Gasteiger partial charge in [-0.15, -0.1) is 0 Å². The molecule has 0 saturated carbocycles. The first-order valence-corrected chi connectivity index (χ1v) is 10.7. The van der Waals surface area contributed by atoms with E-state index >= 15 is 0 Å². The zero-order valence-corrected chi connectivity index (χ0v) is 18.4. The van der Waals surface area contributed by atoms with Crippen LogP contribution in [0.5, 0.6) is 0 Å². The van der Waals surface area contributed by atoms with E-state index in [-0.39, 0.29) is 11.8 Å². The molecule has 0 spiro atoms. The van der Waals surface area contributed by atoms with Crippen molar-refractivity contribution < 1.29 is 9.59 Å². The van der Waals surface area contributed by atoms with Crippen LogP contribution in [0.25, 0.3) is 5.70 Å². The fourth-order valence-corrected chi connectivity index (χ4v) is 4.39. The number of fused-ring (bicyclic) bond motifs is 1. The molecule has 1 aliphatic heterocycles. The molecule has 1 atom stereocenters. The Bertz CT molecular complexity index is 1140. The van der Waals surface area contributed by atoms with Gasteiger partial charge in [0.15, 0.2) is 5.16 Å². The zero-order chi connectivity index (χ0) is 22.1. The number of carbonyl (C=O) groups is 2. The van der Waals surface area contributed by atoms with Crippen molar-refractivity contribution >= 4 is 35.0 Å². The molecular formula is C24H22N4O2S. The highest BCUT2D eigenvalue weighted by molar-refractivity contribution is 7.99. The molecule has 7 heteroatoms. The van der Waals surface area contributed by atoms with Gasteiger partial charge in [0.05, 0.1) is 0 Å². The van der Waals surface area contributed by atoms with E-state index in [1.165, 1.54) is 16.7 Å². The molecule has 2 amide bonds. The predicted molar refractivity (Wildman–Crippen MR) is 122 cm³/mol. The van der Waals surface area contributed by atoms with E-state index in [1.54, 1.807) is 19.1 Å². The minimum atomic E-state index is -0.690. The third-order valence-corrected chi connectivity index (χ3v) is 5.91. The first-order chi connectivity index (χ1) is 14.8. The number of rotatable bonds is 5. The van der Waals surface area contributed by atoms with Crippen molar-refractivity contribution in [2.75, 3.05) is 5.32 Å². The number of aryl methyl sites for hydroxylation is 2. The van der Waals surface area contributed by atoms with Crippen LogP contribution in [0.2, 0.25) is 0 Å². The molecule has 0 saturated heterocycles. The number of benzene rings is 2. The summed E-state index contributed by atoms with van der Waals surface area (Å²) < 4.78 is 0. The van der Waals surface area contributed by atoms with Crippen molar-refractivity contribution in [3.8, 4) is 0 Å². The maximum Gasteiger partial charge on any atom is 0.259 e. The lowest BCUT2D eigenvalue weighted by molar-refractivity contribution is -0.119. The smallest absolute Gasteiger partial charge is 0.259 e. The van der Waals surface area contributed by atoms with Crippen LogP contribution in [0.4, 0.5) is 5.69 Å². The Morgan fingerprint density at radius 3 is 2.26 bits per heavy atom. The number of carbonyl (C=O) groups excluding carboxylic acids is 2. The van der Waals surface area contributed by atoms with Gasteiger partial charge in [0.25, 0.3) is 5.91 Å². The summed E-state index contributed by atoms with van der Waals surface area (Å²) in [5.41, 5.74) is 4.38. The van der Waals surface area contributed by atoms with Crippen LogP contribution < -0.4 is 5.32 Å². The molecule has 31 heavy (non-hydrogen) atoms. The van der Waals surface area contributed by atoms with E-state index in [1.807, 2.05) is 56.3 Å². The summed E-state index contributed by atoms with van der Waals surface area (Å²) >= 11 is 1.46. The number of hydrogen-bond acceptors (Lipinski definition) is 5. The summed E-state index contributed by atoms with van der Waals surface area (Å²) in [6.45, 7) is 9.60. The van der Waals surface area contributed by atoms with Crippen LogP contribution in [0.15, 0.2) is 71.2 Å². The standard InChI is InChI=1S/C24H22N4O2S/c1-14-13-15(2)26-24(25-14)31-19-11-9-18(10-12-19)27-22(29)17(4)28-16(3)20-7-5-6-8-21(20)23(28)30/h5-13,17H,3H2,1-2,4H3,(H,27,29). The Kier molecular flexibility index (Phi) is 5.61. The Morgan fingerprint density at radius 2 is 1.65 bits per heavy atom. The molecule has 1 N–H and O–H groups in total. The number of nitrogens with zero attached hydrogens (tertiary/aromatic N) is 3. The highest BCUT2D eigenvalue weighted by Crippen LogP contribution is 2.33. The summed E-state index contributed by atoms with van der Waals surface area (Å²) in [4.78, 5) is 36.8. The van der Waals surface area contributed by atoms with Crippen molar-refractivity contribution in [1.29, 1.82) is 0 Å². The van der Waals surface area contributed by atoms with Crippen LogP contribution in [0.3, 0.4) is 0 Å². The van der Waals surface area contributed by atoms with Gasteiger partial charge in [-0.05, 0) is 68.9 Å². The van der Waals surface area contributed by atoms with Gasteiger partial charge in [0, 0.05) is 38.8 Å². The van der Waals surface area contributed by atoms with Crippen LogP contribution in [0.1, 0.15) is 34.2 Å². The molecule has 4 rings (SSSR count). The third-order valence-electron chi connectivity index (χ3n) is 5.04. The largest absolute Gasteiger partial charge is 0.324 e. The first-order valence-electron chi connectivity index (χ1n) is 9.86. The molecule has 1 aromatic heterocycles. The predicted octanol–water partition coefficient (Wildman–Crippen LogP) is 4.70. The molecule has 0 radical (unpaired) electrons. The molecule has 0 aliphatic carbocycles. The Morgan fingerprint density at radius 1 is 1.03 bits per heavy atom. The number of amides is 2. The fourth-order valence-electron chi connectivity index (χ4n) is 3.53. The second kappa shape index (κ2) is 8.35. The van der Waals surface area contributed by atoms with Gasteiger partial charge in [-0.2, -0.15) is 0 Å². The van der Waals surface area contributed by atoms with Gasteiger partial charge in [0.1, 0.15) is 6.04 Å². The fraction of sp³-hybridized carbons (Fsp3) is 0.167. The SMILES string of the molecule is C=C1c2ccccc2C(=O)N1C(C)C(=O)Nc1ccc(Sc2nc(C)cc(C)n2)cc1. The Balaban J connectivity index is 1.43. The van der Waals surface area contributed by atoms with E-state index in [2.05, 4.69) is 21.9 Å². The quantitative estimate of drug-likeness (QED) is 0.594. The summed E-state index contributed by atoms with van der Waals surface area (Å²) in [6, 6.07) is 16.0. The van der Waals surface area contributed by atoms with Crippen LogP contribution >= 0.6 is 11.8 Å². The van der Waals surface area contributed by atoms with Crippen molar-refractivity contribution in [2.45, 2.75) is 36.9 Å². The van der Waals surface area contributed by atoms with E-state index in [4.69, 9.17) is 0 Å². The van der Waals surface area contributed by atoms with E-state index in [0.29, 0.717) is 22.1 Å². The minimum absolute atomic E-state index is 0.205. The summed E-state index contributed by atoms with van der Waals surface area (Å²) in [7, 11) is 0. The average molecular weight is 431 g/mol. The number of hydrogen-bond donors (Lipinski definition) is 1. The van der Waals surface area contributed by atoms with Crippen molar-refractivity contribution in [3.05, 3.63) is 83.7 Å². The molecule has 0 bridgehead atoms. The number of anilines is 1. The summed E-state index contributed by atoms with van der Waals surface area (Å²) in [6.07, 6.45) is 0. The maximum absolute atomic E-state index is 12.8. The normalized spacial score (nSPS) is 13.8. The minimum Gasteiger partial charge on any atom is -0.324 e. The molecule has 6 nitrogen and oxygen atoms in total. The monoisotopic (exact) mass is 430 g/mol. The van der Waals surface area contributed by atoms with Gasteiger partial charge in [-0.25, -0.2) is 9.97 Å². The van der Waals surface area contributed by atoms with Gasteiger partial charge in [0.2, 0.25) is 5.91 Å². The van der Waals surface area contributed by atoms with Crippen LogP contribution in [0, 0.1) is 13.8 Å². The van der Waals surface area contributed by atoms with E-state index in [9.17, 15) is 9.59 Å². The van der Waals surface area contributed by atoms with Crippen molar-refractivity contribution in [2.24, 2.45) is 0 Å². The summed E-state index contributed by atoms with van der Waals surface area (Å²) in [5, 5.41) is 3.57. The zero-order valence-electron chi connectivity index (χ0n) is 17.5. The van der Waals surface area contributed by atoms with Gasteiger partial charge in [-0.3, -0.25) is 14.5 Å². The number of aromatic nitrogens is 2. The Hall–Kier alpha value is -3.45. The highest BCUT2D eigenvalue weighted by Gasteiger charge is 2.36. The molecule has 3 aromatic rings. The first kappa shape index (κ1) is 20.8. The van der Waals surface area contributed by atoms with Crippen molar-refractivity contribution in [1.82, 2.24) is 14.9 Å². The molecular weight excluding hydrogens is 408 g/mol. The average Bonchev–Trinajstić information content (AvgIpc) is 2.99. The lowest BCUT2D eigenvalue weighted by Gasteiger charge is -2.24. The molecule has 2 heterocycles. The lowest BCUT2D eigenvalue weighted by Crippen LogP contribution is -2.41. The second-order valence-electron chi connectivity index (χ2n) is 7.39. The second-order valence-corrected chi connectivity index (χ2v) is 8.43. The molecule has 0 fully saturated rings. The topological polar surface area (TPSA) is 75.2 Å². The van der Waals surface area contributed by atoms with Gasteiger partial charge < -0.3 is 5.32 Å². The van der Waals surface area contributed by atoms with E-state index in [0.717, 1.165) is 21.8 Å². The van der Waals surface area contributed by atoms with Crippen LogP contribution in [-0.2, 0) is 4.79 Å². The van der Waals surface area contributed by atoms with Gasteiger partial charge >= 0.3 is 0 Å². The van der Waals surface area contributed by atoms with E-state index < -0.39 is 6.04 Å². The highest BCUT2D eigenvalue weighted by atomic mass is 32.2.